The molecule has 0 aromatic heterocycles. The Morgan fingerprint density at radius 1 is 0.806 bits per heavy atom. The second-order valence-corrected chi connectivity index (χ2v) is 9.83. The Hall–Kier alpha value is -2.60. The molecule has 0 saturated heterocycles. The first-order valence-electron chi connectivity index (χ1n) is 13.0. The zero-order valence-corrected chi connectivity index (χ0v) is 20.9. The van der Waals surface area contributed by atoms with Crippen LogP contribution in [-0.2, 0) is 0 Å². The Labute approximate surface area is 210 Å². The second kappa shape index (κ2) is 11.6. The summed E-state index contributed by atoms with van der Waals surface area (Å²) in [7, 11) is 0. The van der Waals surface area contributed by atoms with Crippen LogP contribution in [-0.4, -0.2) is 11.7 Å². The van der Waals surface area contributed by atoms with Crippen LogP contribution in [0.2, 0.25) is 0 Å². The van der Waals surface area contributed by atoms with Crippen LogP contribution in [0, 0.1) is 35.1 Å². The molecule has 0 radical (unpaired) electrons. The van der Waals surface area contributed by atoms with Crippen LogP contribution in [0.5, 0.6) is 5.75 Å². The van der Waals surface area contributed by atoms with E-state index in [1.165, 1.54) is 12.1 Å². The van der Waals surface area contributed by atoms with E-state index < -0.39 is 29.4 Å². The molecule has 0 heterocycles. The fourth-order valence-corrected chi connectivity index (χ4v) is 5.60. The Morgan fingerprint density at radius 2 is 1.36 bits per heavy atom. The molecule has 194 valence electrons. The predicted molar refractivity (Wildman–Crippen MR) is 134 cm³/mol. The summed E-state index contributed by atoms with van der Waals surface area (Å²) in [5.41, 5.74) is 2.21. The van der Waals surface area contributed by atoms with Crippen LogP contribution in [0.15, 0.2) is 36.4 Å². The van der Waals surface area contributed by atoms with Crippen molar-refractivity contribution < 1.29 is 27.4 Å². The van der Waals surface area contributed by atoms with Crippen molar-refractivity contribution in [3.05, 3.63) is 76.4 Å². The minimum absolute atomic E-state index is 0.0148. The molecule has 0 bridgehead atoms. The molecular formula is C30H34F4O2. The van der Waals surface area contributed by atoms with Crippen molar-refractivity contribution in [2.75, 3.05) is 6.61 Å². The van der Waals surface area contributed by atoms with E-state index in [2.05, 4.69) is 0 Å². The molecule has 0 fully saturated rings. The molecule has 2 nitrogen and oxygen atoms in total. The molecule has 0 aliphatic heterocycles. The molecule has 2 aliphatic carbocycles. The fraction of sp³-hybridized carbons (Fsp3) is 0.467. The number of halogens is 4. The maximum Gasteiger partial charge on any atom is 0.201 e. The first kappa shape index (κ1) is 26.5. The van der Waals surface area contributed by atoms with Crippen LogP contribution in [0.3, 0.4) is 0 Å². The first-order chi connectivity index (χ1) is 17.3. The number of rotatable bonds is 8. The van der Waals surface area contributed by atoms with E-state index >= 15 is 0 Å². The highest BCUT2D eigenvalue weighted by molar-refractivity contribution is 5.68. The van der Waals surface area contributed by atoms with Gasteiger partial charge in [-0.15, -0.1) is 0 Å². The lowest BCUT2D eigenvalue weighted by Crippen LogP contribution is -2.19. The van der Waals surface area contributed by atoms with E-state index in [-0.39, 0.29) is 23.5 Å². The molecule has 2 aromatic rings. The van der Waals surface area contributed by atoms with E-state index in [1.807, 2.05) is 19.1 Å². The van der Waals surface area contributed by atoms with Crippen molar-refractivity contribution >= 4 is 11.1 Å². The van der Waals surface area contributed by atoms with Crippen molar-refractivity contribution in [2.24, 2.45) is 11.8 Å². The van der Waals surface area contributed by atoms with Crippen LogP contribution < -0.4 is 4.74 Å². The maximum atomic E-state index is 14.8. The molecule has 6 heteroatoms. The van der Waals surface area contributed by atoms with Gasteiger partial charge in [0, 0.05) is 16.7 Å². The topological polar surface area (TPSA) is 29.5 Å². The normalized spacial score (nSPS) is 21.1. The lowest BCUT2D eigenvalue weighted by molar-refractivity contribution is 0.160. The number of benzene rings is 2. The van der Waals surface area contributed by atoms with E-state index in [0.29, 0.717) is 43.1 Å². The molecule has 36 heavy (non-hydrogen) atoms. The number of ether oxygens (including phenoxy) is 1. The van der Waals surface area contributed by atoms with Gasteiger partial charge in [0.2, 0.25) is 5.82 Å². The van der Waals surface area contributed by atoms with Gasteiger partial charge in [-0.1, -0.05) is 37.6 Å². The third-order valence-corrected chi connectivity index (χ3v) is 7.64. The van der Waals surface area contributed by atoms with Gasteiger partial charge in [0.05, 0.1) is 12.7 Å². The average Bonchev–Trinajstić information content (AvgIpc) is 2.89. The highest BCUT2D eigenvalue weighted by atomic mass is 19.2. The van der Waals surface area contributed by atoms with Gasteiger partial charge < -0.3 is 9.84 Å². The number of hydrogen-bond donors (Lipinski definition) is 1. The predicted octanol–water partition coefficient (Wildman–Crippen LogP) is 8.54. The monoisotopic (exact) mass is 502 g/mol. The Kier molecular flexibility index (Phi) is 8.55. The molecule has 2 aromatic carbocycles. The third kappa shape index (κ3) is 5.39. The summed E-state index contributed by atoms with van der Waals surface area (Å²) in [4.78, 5) is 0. The van der Waals surface area contributed by atoms with Crippen molar-refractivity contribution in [2.45, 2.75) is 71.3 Å². The Bertz CT molecular complexity index is 1150. The summed E-state index contributed by atoms with van der Waals surface area (Å²) in [6, 6.07) is 6.15. The molecule has 0 amide bonds. The minimum Gasteiger partial charge on any atom is -0.491 e. The lowest BCUT2D eigenvalue weighted by Gasteiger charge is -2.32. The standard InChI is InChI=1S/C30H34F4O2/c1-3-5-25(35)24-15-14-22(27(31)29(24)33)20-10-6-18(7-11-20)19-8-12-21(13-9-19)23-16-17-26(36-4-2)30(34)28(23)32/h10,12,14-19,25,35H,3-9,11,13H2,1-2H3. The van der Waals surface area contributed by atoms with E-state index in [0.717, 1.165) is 36.8 Å². The number of allylic oxidation sites excluding steroid dienone is 4. The molecule has 1 N–H and O–H groups in total. The van der Waals surface area contributed by atoms with Crippen molar-refractivity contribution in [3.63, 3.8) is 0 Å². The zero-order chi connectivity index (χ0) is 25.8. The summed E-state index contributed by atoms with van der Waals surface area (Å²) >= 11 is 0. The van der Waals surface area contributed by atoms with Crippen molar-refractivity contribution in [1.82, 2.24) is 0 Å². The maximum absolute atomic E-state index is 14.8. The molecule has 3 unspecified atom stereocenters. The smallest absolute Gasteiger partial charge is 0.201 e. The second-order valence-electron chi connectivity index (χ2n) is 9.83. The largest absolute Gasteiger partial charge is 0.491 e. The number of hydrogen-bond acceptors (Lipinski definition) is 2. The Morgan fingerprint density at radius 3 is 1.86 bits per heavy atom. The SMILES string of the molecule is CCCC(O)c1ccc(C2=CCC(C3CC=C(c4ccc(OCC)c(F)c4F)CC3)CC2)c(F)c1F. The lowest BCUT2D eigenvalue weighted by atomic mass is 9.73. The van der Waals surface area contributed by atoms with Crippen molar-refractivity contribution in [3.8, 4) is 5.75 Å². The van der Waals surface area contributed by atoms with Crippen molar-refractivity contribution in [1.29, 1.82) is 0 Å². The Balaban J connectivity index is 1.42. The van der Waals surface area contributed by atoms with Gasteiger partial charge in [-0.3, -0.25) is 0 Å². The summed E-state index contributed by atoms with van der Waals surface area (Å²) in [5.74, 6) is -2.90. The zero-order valence-electron chi connectivity index (χ0n) is 20.9. The van der Waals surface area contributed by atoms with Gasteiger partial charge in [-0.25, -0.2) is 13.2 Å². The molecule has 3 atom stereocenters. The summed E-state index contributed by atoms with van der Waals surface area (Å²) in [5, 5.41) is 10.1. The molecule has 4 rings (SSSR count). The average molecular weight is 503 g/mol. The van der Waals surface area contributed by atoms with Crippen LogP contribution in [0.25, 0.3) is 11.1 Å². The van der Waals surface area contributed by atoms with E-state index in [1.54, 1.807) is 19.1 Å². The van der Waals surface area contributed by atoms with Crippen LogP contribution >= 0.6 is 0 Å². The summed E-state index contributed by atoms with van der Waals surface area (Å²) in [6.07, 6.45) is 8.72. The third-order valence-electron chi connectivity index (χ3n) is 7.64. The van der Waals surface area contributed by atoms with Crippen LogP contribution in [0.4, 0.5) is 17.6 Å². The van der Waals surface area contributed by atoms with Gasteiger partial charge in [0.1, 0.15) is 0 Å². The van der Waals surface area contributed by atoms with Crippen LogP contribution in [0.1, 0.15) is 88.0 Å². The van der Waals surface area contributed by atoms with E-state index in [9.17, 15) is 22.7 Å². The molecular weight excluding hydrogens is 468 g/mol. The molecule has 0 saturated carbocycles. The highest BCUT2D eigenvalue weighted by Crippen LogP contribution is 2.42. The summed E-state index contributed by atoms with van der Waals surface area (Å²) < 4.78 is 63.5. The van der Waals surface area contributed by atoms with Gasteiger partial charge in [0.15, 0.2) is 23.2 Å². The van der Waals surface area contributed by atoms with Gasteiger partial charge in [-0.05, 0) is 87.0 Å². The molecule has 2 aliphatic rings. The number of aliphatic hydroxyl groups is 1. The van der Waals surface area contributed by atoms with E-state index in [4.69, 9.17) is 4.74 Å². The van der Waals surface area contributed by atoms with Gasteiger partial charge >= 0.3 is 0 Å². The summed E-state index contributed by atoms with van der Waals surface area (Å²) in [6.45, 7) is 3.88. The van der Waals surface area contributed by atoms with Gasteiger partial charge in [-0.2, -0.15) is 4.39 Å². The first-order valence-corrected chi connectivity index (χ1v) is 13.0. The fourth-order valence-electron chi connectivity index (χ4n) is 5.60. The van der Waals surface area contributed by atoms with Gasteiger partial charge in [0.25, 0.3) is 0 Å². The molecule has 0 spiro atoms. The minimum atomic E-state index is -1.000. The quantitative estimate of drug-likeness (QED) is 0.367. The number of aliphatic hydroxyl groups excluding tert-OH is 1. The highest BCUT2D eigenvalue weighted by Gasteiger charge is 2.29.